The Morgan fingerprint density at radius 2 is 1.77 bits per heavy atom. The zero-order valence-corrected chi connectivity index (χ0v) is 7.57. The molecule has 0 spiro atoms. The van der Waals surface area contributed by atoms with E-state index in [1.807, 2.05) is 6.92 Å². The summed E-state index contributed by atoms with van der Waals surface area (Å²) in [5.41, 5.74) is 5.25. The average Bonchev–Trinajstić information content (AvgIpc) is 2.12. The van der Waals surface area contributed by atoms with Gasteiger partial charge in [-0.2, -0.15) is 0 Å². The summed E-state index contributed by atoms with van der Waals surface area (Å²) in [4.78, 5) is 0. The summed E-state index contributed by atoms with van der Waals surface area (Å²) in [5.74, 6) is -1.42. The van der Waals surface area contributed by atoms with Crippen molar-refractivity contribution in [3.05, 3.63) is 29.3 Å². The van der Waals surface area contributed by atoms with Crippen molar-refractivity contribution < 1.29 is 8.78 Å². The quantitative estimate of drug-likeness (QED) is 0.691. The summed E-state index contributed by atoms with van der Waals surface area (Å²) in [6.45, 7) is 1.81. The van der Waals surface area contributed by atoms with E-state index in [1.54, 1.807) is 7.05 Å². The third-order valence-electron chi connectivity index (χ3n) is 2.03. The van der Waals surface area contributed by atoms with E-state index < -0.39 is 17.3 Å². The Kier molecular flexibility index (Phi) is 2.83. The Labute approximate surface area is 75.7 Å². The van der Waals surface area contributed by atoms with Crippen LogP contribution in [0.5, 0.6) is 0 Å². The van der Waals surface area contributed by atoms with Crippen LogP contribution >= 0.6 is 0 Å². The lowest BCUT2D eigenvalue weighted by atomic mass is 10.1. The van der Waals surface area contributed by atoms with Crippen LogP contribution < -0.4 is 11.1 Å². The zero-order valence-electron chi connectivity index (χ0n) is 7.57. The average molecular weight is 186 g/mol. The molecule has 1 atom stereocenters. The molecule has 0 aliphatic rings. The van der Waals surface area contributed by atoms with Crippen LogP contribution in [0, 0.1) is 11.6 Å². The highest BCUT2D eigenvalue weighted by molar-refractivity contribution is 5.43. The molecule has 1 rings (SSSR count). The van der Waals surface area contributed by atoms with Crippen molar-refractivity contribution in [2.75, 3.05) is 12.8 Å². The lowest BCUT2D eigenvalue weighted by Crippen LogP contribution is -2.13. The van der Waals surface area contributed by atoms with Crippen molar-refractivity contribution in [1.82, 2.24) is 5.32 Å². The van der Waals surface area contributed by atoms with Gasteiger partial charge in [0, 0.05) is 6.04 Å². The van der Waals surface area contributed by atoms with Gasteiger partial charge in [-0.3, -0.25) is 0 Å². The minimum absolute atomic E-state index is 0.0930. The van der Waals surface area contributed by atoms with E-state index >= 15 is 0 Å². The fraction of sp³-hybridized carbons (Fsp3) is 0.333. The van der Waals surface area contributed by atoms with Gasteiger partial charge in [-0.15, -0.1) is 0 Å². The molecule has 72 valence electrons. The van der Waals surface area contributed by atoms with Crippen molar-refractivity contribution in [1.29, 1.82) is 0 Å². The molecular formula is C9H12F2N2. The number of nitrogens with one attached hydrogen (secondary N) is 1. The van der Waals surface area contributed by atoms with E-state index in [0.717, 1.165) is 0 Å². The van der Waals surface area contributed by atoms with E-state index in [1.165, 1.54) is 12.1 Å². The van der Waals surface area contributed by atoms with Crippen molar-refractivity contribution in [3.8, 4) is 0 Å². The molecule has 0 amide bonds. The molecule has 0 bridgehead atoms. The maximum Gasteiger partial charge on any atom is 0.149 e. The van der Waals surface area contributed by atoms with Crippen LogP contribution in [-0.2, 0) is 0 Å². The zero-order chi connectivity index (χ0) is 10.0. The van der Waals surface area contributed by atoms with Crippen LogP contribution in [0.1, 0.15) is 18.5 Å². The van der Waals surface area contributed by atoms with E-state index in [0.29, 0.717) is 5.56 Å². The third kappa shape index (κ3) is 1.95. The van der Waals surface area contributed by atoms with Gasteiger partial charge >= 0.3 is 0 Å². The molecule has 4 heteroatoms. The summed E-state index contributed by atoms with van der Waals surface area (Å²) >= 11 is 0. The minimum atomic E-state index is -0.711. The number of rotatable bonds is 2. The third-order valence-corrected chi connectivity index (χ3v) is 2.03. The number of nitrogen functional groups attached to an aromatic ring is 1. The largest absolute Gasteiger partial charge is 0.394 e. The first-order chi connectivity index (χ1) is 6.06. The summed E-state index contributed by atoms with van der Waals surface area (Å²) in [7, 11) is 1.72. The van der Waals surface area contributed by atoms with Gasteiger partial charge in [0.1, 0.15) is 17.3 Å². The van der Waals surface area contributed by atoms with E-state index in [9.17, 15) is 8.78 Å². The molecule has 0 saturated carbocycles. The standard InChI is InChI=1S/C9H12F2N2/c1-5(13-2)6-3-7(10)9(12)8(11)4-6/h3-5,13H,12H2,1-2H3. The minimum Gasteiger partial charge on any atom is -0.394 e. The summed E-state index contributed by atoms with van der Waals surface area (Å²) < 4.78 is 25.9. The molecule has 0 aliphatic carbocycles. The highest BCUT2D eigenvalue weighted by Crippen LogP contribution is 2.21. The molecule has 0 radical (unpaired) electrons. The second-order valence-corrected chi connectivity index (χ2v) is 2.91. The topological polar surface area (TPSA) is 38.0 Å². The van der Waals surface area contributed by atoms with Gasteiger partial charge < -0.3 is 11.1 Å². The van der Waals surface area contributed by atoms with E-state index in [4.69, 9.17) is 5.73 Å². The number of benzene rings is 1. The molecule has 0 heterocycles. The van der Waals surface area contributed by atoms with Gasteiger partial charge in [-0.1, -0.05) is 0 Å². The molecule has 3 N–H and O–H groups in total. The number of hydrogen-bond acceptors (Lipinski definition) is 2. The van der Waals surface area contributed by atoms with Crippen molar-refractivity contribution in [2.45, 2.75) is 13.0 Å². The highest BCUT2D eigenvalue weighted by atomic mass is 19.1. The van der Waals surface area contributed by atoms with Gasteiger partial charge in [0.25, 0.3) is 0 Å². The molecule has 0 aromatic heterocycles. The number of halogens is 2. The SMILES string of the molecule is CNC(C)c1cc(F)c(N)c(F)c1. The maximum absolute atomic E-state index is 12.9. The monoisotopic (exact) mass is 186 g/mol. The van der Waals surface area contributed by atoms with Gasteiger partial charge in [-0.05, 0) is 31.7 Å². The molecule has 0 fully saturated rings. The van der Waals surface area contributed by atoms with Gasteiger partial charge in [0.2, 0.25) is 0 Å². The first kappa shape index (κ1) is 9.92. The van der Waals surface area contributed by atoms with Crippen molar-refractivity contribution >= 4 is 5.69 Å². The van der Waals surface area contributed by atoms with Crippen molar-refractivity contribution in [2.24, 2.45) is 0 Å². The van der Waals surface area contributed by atoms with Crippen LogP contribution in [0.2, 0.25) is 0 Å². The van der Waals surface area contributed by atoms with Gasteiger partial charge in [0.05, 0.1) is 0 Å². The normalized spacial score (nSPS) is 12.9. The first-order valence-corrected chi connectivity index (χ1v) is 3.98. The van der Waals surface area contributed by atoms with Crippen LogP contribution in [0.3, 0.4) is 0 Å². The summed E-state index contributed by atoms with van der Waals surface area (Å²) in [5, 5.41) is 2.88. The molecule has 1 aromatic carbocycles. The van der Waals surface area contributed by atoms with Crippen molar-refractivity contribution in [3.63, 3.8) is 0 Å². The summed E-state index contributed by atoms with van der Waals surface area (Å²) in [6, 6.07) is 2.38. The molecule has 2 nitrogen and oxygen atoms in total. The maximum atomic E-state index is 12.9. The molecule has 1 aromatic rings. The summed E-state index contributed by atoms with van der Waals surface area (Å²) in [6.07, 6.45) is 0. The highest BCUT2D eigenvalue weighted by Gasteiger charge is 2.10. The predicted octanol–water partition coefficient (Wildman–Crippen LogP) is 1.83. The second-order valence-electron chi connectivity index (χ2n) is 2.91. The molecule has 1 unspecified atom stereocenters. The van der Waals surface area contributed by atoms with Crippen LogP contribution in [0.15, 0.2) is 12.1 Å². The molecular weight excluding hydrogens is 174 g/mol. The molecule has 13 heavy (non-hydrogen) atoms. The Morgan fingerprint density at radius 1 is 1.31 bits per heavy atom. The number of anilines is 1. The fourth-order valence-corrected chi connectivity index (χ4v) is 1.02. The van der Waals surface area contributed by atoms with E-state index in [-0.39, 0.29) is 6.04 Å². The van der Waals surface area contributed by atoms with Gasteiger partial charge in [0.15, 0.2) is 0 Å². The van der Waals surface area contributed by atoms with Crippen LogP contribution in [0.4, 0.5) is 14.5 Å². The number of hydrogen-bond donors (Lipinski definition) is 2. The lowest BCUT2D eigenvalue weighted by molar-refractivity contribution is 0.574. The molecule has 0 saturated heterocycles. The Hall–Kier alpha value is -1.16. The fourth-order valence-electron chi connectivity index (χ4n) is 1.02. The lowest BCUT2D eigenvalue weighted by Gasteiger charge is -2.11. The van der Waals surface area contributed by atoms with Crippen LogP contribution in [-0.4, -0.2) is 7.05 Å². The van der Waals surface area contributed by atoms with E-state index in [2.05, 4.69) is 5.32 Å². The first-order valence-electron chi connectivity index (χ1n) is 3.98. The predicted molar refractivity (Wildman–Crippen MR) is 48.2 cm³/mol. The second kappa shape index (κ2) is 3.70. The number of nitrogens with two attached hydrogens (primary N) is 1. The Morgan fingerprint density at radius 3 is 2.15 bits per heavy atom. The Bertz CT molecular complexity index is 289. The smallest absolute Gasteiger partial charge is 0.149 e. The van der Waals surface area contributed by atoms with Gasteiger partial charge in [-0.25, -0.2) is 8.78 Å². The van der Waals surface area contributed by atoms with Crippen LogP contribution in [0.25, 0.3) is 0 Å². The molecule has 0 aliphatic heterocycles. The Balaban J connectivity index is 3.13.